The number of anilines is 2. The van der Waals surface area contributed by atoms with E-state index in [2.05, 4.69) is 31.2 Å². The van der Waals surface area contributed by atoms with Gasteiger partial charge in [0, 0.05) is 48.0 Å². The number of aldehydes is 1. The number of carbonyl (C=O) groups is 1. The largest absolute Gasteiger partial charge is 0.495 e. The first-order chi connectivity index (χ1) is 14.9. The first-order valence-corrected chi connectivity index (χ1v) is 9.87. The van der Waals surface area contributed by atoms with E-state index in [1.807, 2.05) is 42.1 Å². The zero-order valence-corrected chi connectivity index (χ0v) is 18.1. The Balaban J connectivity index is 1.83. The van der Waals surface area contributed by atoms with Crippen molar-refractivity contribution in [2.24, 2.45) is 7.05 Å². The number of hydrogen-bond acceptors (Lipinski definition) is 7. The molecule has 0 aliphatic rings. The molecule has 4 aromatic rings. The van der Waals surface area contributed by atoms with Crippen LogP contribution in [0.25, 0.3) is 22.2 Å². The highest BCUT2D eigenvalue weighted by atomic mass is 79.9. The Labute approximate surface area is 185 Å². The van der Waals surface area contributed by atoms with Crippen molar-refractivity contribution >= 4 is 50.4 Å². The number of hydrogen-bond donors (Lipinski definition) is 1. The first kappa shape index (κ1) is 20.5. The van der Waals surface area contributed by atoms with Gasteiger partial charge in [0.2, 0.25) is 5.95 Å². The van der Waals surface area contributed by atoms with Crippen LogP contribution in [0.2, 0.25) is 0 Å². The Morgan fingerprint density at radius 3 is 2.77 bits per heavy atom. The summed E-state index contributed by atoms with van der Waals surface area (Å²) in [6.07, 6.45) is 4.01. The predicted octanol–water partition coefficient (Wildman–Crippen LogP) is 4.87. The number of nitrogens with one attached hydrogen (secondary N) is 1. The van der Waals surface area contributed by atoms with E-state index in [1.54, 1.807) is 0 Å². The summed E-state index contributed by atoms with van der Waals surface area (Å²) in [7, 11) is 3.37. The Morgan fingerprint density at radius 1 is 1.29 bits per heavy atom. The molecular formula is C21H16BrN5O4. The van der Waals surface area contributed by atoms with Gasteiger partial charge in [0.25, 0.3) is 5.69 Å². The molecule has 0 aliphatic carbocycles. The van der Waals surface area contributed by atoms with E-state index in [0.717, 1.165) is 16.5 Å². The molecule has 2 heterocycles. The second-order valence-corrected chi connectivity index (χ2v) is 7.53. The molecule has 0 saturated heterocycles. The maximum atomic E-state index is 11.7. The van der Waals surface area contributed by atoms with Crippen molar-refractivity contribution in [2.75, 3.05) is 12.4 Å². The summed E-state index contributed by atoms with van der Waals surface area (Å²) in [5.74, 6) is 0.538. The molecule has 2 aromatic carbocycles. The fourth-order valence-corrected chi connectivity index (χ4v) is 3.82. The number of benzene rings is 2. The molecule has 9 nitrogen and oxygen atoms in total. The average molecular weight is 482 g/mol. The van der Waals surface area contributed by atoms with Crippen LogP contribution < -0.4 is 10.1 Å². The van der Waals surface area contributed by atoms with Crippen molar-refractivity contribution < 1.29 is 14.5 Å². The molecule has 4 rings (SSSR count). The van der Waals surface area contributed by atoms with Crippen LogP contribution in [-0.2, 0) is 7.05 Å². The lowest BCUT2D eigenvalue weighted by Crippen LogP contribution is -2.03. The molecule has 0 aliphatic heterocycles. The lowest BCUT2D eigenvalue weighted by atomic mass is 10.1. The van der Waals surface area contributed by atoms with E-state index in [-0.39, 0.29) is 16.1 Å². The Morgan fingerprint density at radius 2 is 2.06 bits per heavy atom. The molecule has 0 radical (unpaired) electrons. The molecule has 0 unspecified atom stereocenters. The lowest BCUT2D eigenvalue weighted by Gasteiger charge is -2.12. The van der Waals surface area contributed by atoms with Crippen LogP contribution in [0.4, 0.5) is 17.3 Å². The number of aryl methyl sites for hydroxylation is 1. The van der Waals surface area contributed by atoms with Crippen LogP contribution in [0.3, 0.4) is 0 Å². The van der Waals surface area contributed by atoms with Crippen LogP contribution in [0.5, 0.6) is 5.75 Å². The summed E-state index contributed by atoms with van der Waals surface area (Å²) in [5.41, 5.74) is 2.74. The number of ether oxygens (including phenoxy) is 1. The number of nitro benzene ring substituents is 1. The maximum Gasteiger partial charge on any atom is 0.285 e. The maximum absolute atomic E-state index is 11.7. The van der Waals surface area contributed by atoms with Crippen molar-refractivity contribution in [2.45, 2.75) is 0 Å². The summed E-state index contributed by atoms with van der Waals surface area (Å²) in [5, 5.41) is 15.2. The van der Waals surface area contributed by atoms with Crippen LogP contribution in [0.1, 0.15) is 10.4 Å². The molecule has 0 atom stereocenters. The van der Waals surface area contributed by atoms with Crippen molar-refractivity contribution in [1.29, 1.82) is 0 Å². The van der Waals surface area contributed by atoms with Gasteiger partial charge >= 0.3 is 0 Å². The number of carbonyl (C=O) groups excluding carboxylic acids is 1. The molecule has 2 aromatic heterocycles. The van der Waals surface area contributed by atoms with E-state index in [9.17, 15) is 14.9 Å². The third-order valence-electron chi connectivity index (χ3n) is 4.81. The van der Waals surface area contributed by atoms with Gasteiger partial charge in [-0.3, -0.25) is 14.9 Å². The highest BCUT2D eigenvalue weighted by Gasteiger charge is 2.19. The summed E-state index contributed by atoms with van der Waals surface area (Å²) >= 11 is 3.17. The van der Waals surface area contributed by atoms with Crippen molar-refractivity contribution in [1.82, 2.24) is 14.5 Å². The summed E-state index contributed by atoms with van der Waals surface area (Å²) in [4.78, 5) is 31.2. The second kappa shape index (κ2) is 8.15. The number of nitrogens with zero attached hydrogens (tertiary/aromatic N) is 4. The van der Waals surface area contributed by atoms with Gasteiger partial charge in [-0.1, -0.05) is 18.2 Å². The number of fused-ring (bicyclic) bond motifs is 1. The van der Waals surface area contributed by atoms with Gasteiger partial charge < -0.3 is 14.6 Å². The van der Waals surface area contributed by atoms with E-state index < -0.39 is 4.92 Å². The smallest absolute Gasteiger partial charge is 0.285 e. The summed E-state index contributed by atoms with van der Waals surface area (Å²) < 4.78 is 7.56. The van der Waals surface area contributed by atoms with Crippen LogP contribution in [0.15, 0.2) is 53.3 Å². The Kier molecular flexibility index (Phi) is 5.38. The molecule has 0 spiro atoms. The minimum atomic E-state index is -0.507. The standard InChI is InChI=1S/C21H16BrN5O4/c1-26-10-14(13-5-3-4-6-17(13)26)20-12(11-28)9-23-21(25-20)24-16-8-18(27(29)30)15(22)7-19(16)31-2/h3-11H,1-2H3,(H,23,24,25). The van der Waals surface area contributed by atoms with E-state index in [4.69, 9.17) is 4.74 Å². The van der Waals surface area contributed by atoms with E-state index >= 15 is 0 Å². The second-order valence-electron chi connectivity index (χ2n) is 6.67. The van der Waals surface area contributed by atoms with Gasteiger partial charge in [0.1, 0.15) is 5.75 Å². The number of halogens is 1. The van der Waals surface area contributed by atoms with Crippen LogP contribution >= 0.6 is 15.9 Å². The average Bonchev–Trinajstić information content (AvgIpc) is 3.11. The van der Waals surface area contributed by atoms with E-state index in [0.29, 0.717) is 29.0 Å². The van der Waals surface area contributed by atoms with Gasteiger partial charge in [-0.2, -0.15) is 0 Å². The first-order valence-electron chi connectivity index (χ1n) is 9.08. The number of rotatable bonds is 6. The zero-order chi connectivity index (χ0) is 22.1. The summed E-state index contributed by atoms with van der Waals surface area (Å²) in [6, 6.07) is 10.6. The van der Waals surface area contributed by atoms with Gasteiger partial charge in [-0.25, -0.2) is 9.97 Å². The molecule has 31 heavy (non-hydrogen) atoms. The molecule has 0 bridgehead atoms. The highest BCUT2D eigenvalue weighted by Crippen LogP contribution is 2.37. The third kappa shape index (κ3) is 3.73. The minimum absolute atomic E-state index is 0.137. The Bertz CT molecular complexity index is 1340. The van der Waals surface area contributed by atoms with Gasteiger partial charge in [0.15, 0.2) is 6.29 Å². The summed E-state index contributed by atoms with van der Waals surface area (Å²) in [6.45, 7) is 0. The van der Waals surface area contributed by atoms with Crippen molar-refractivity contribution in [3.63, 3.8) is 0 Å². The number of aromatic nitrogens is 3. The fraction of sp³-hybridized carbons (Fsp3) is 0.0952. The number of nitro groups is 1. The molecular weight excluding hydrogens is 466 g/mol. The zero-order valence-electron chi connectivity index (χ0n) is 16.5. The highest BCUT2D eigenvalue weighted by molar-refractivity contribution is 9.10. The van der Waals surface area contributed by atoms with Crippen LogP contribution in [-0.4, -0.2) is 32.9 Å². The predicted molar refractivity (Wildman–Crippen MR) is 120 cm³/mol. The van der Waals surface area contributed by atoms with Gasteiger partial charge in [-0.05, 0) is 22.0 Å². The van der Waals surface area contributed by atoms with Crippen LogP contribution in [0, 0.1) is 10.1 Å². The van der Waals surface area contributed by atoms with E-state index in [1.165, 1.54) is 25.4 Å². The number of para-hydroxylation sites is 1. The normalized spacial score (nSPS) is 10.8. The fourth-order valence-electron chi connectivity index (χ4n) is 3.35. The van der Waals surface area contributed by atoms with Crippen molar-refractivity contribution in [3.05, 3.63) is 68.9 Å². The molecule has 156 valence electrons. The number of methoxy groups -OCH3 is 1. The SMILES string of the molecule is COc1cc(Br)c([N+](=O)[O-])cc1Nc1ncc(C=O)c(-c2cn(C)c3ccccc23)n1. The molecule has 0 saturated carbocycles. The topological polar surface area (TPSA) is 112 Å². The molecule has 0 amide bonds. The van der Waals surface area contributed by atoms with Gasteiger partial charge in [0.05, 0.1) is 33.5 Å². The molecule has 10 heteroatoms. The monoisotopic (exact) mass is 481 g/mol. The minimum Gasteiger partial charge on any atom is -0.495 e. The third-order valence-corrected chi connectivity index (χ3v) is 5.44. The quantitative estimate of drug-likeness (QED) is 0.237. The van der Waals surface area contributed by atoms with Crippen molar-refractivity contribution in [3.8, 4) is 17.0 Å². The molecule has 1 N–H and O–H groups in total. The lowest BCUT2D eigenvalue weighted by molar-refractivity contribution is -0.385. The molecule has 0 fully saturated rings. The van der Waals surface area contributed by atoms with Gasteiger partial charge in [-0.15, -0.1) is 0 Å². The Hall–Kier alpha value is -3.79.